The van der Waals surface area contributed by atoms with Crippen molar-refractivity contribution in [2.45, 2.75) is 25.7 Å². The normalized spacial score (nSPS) is 19.4. The van der Waals surface area contributed by atoms with Crippen LogP contribution in [0.25, 0.3) is 0 Å². The van der Waals surface area contributed by atoms with Gasteiger partial charge in [0, 0.05) is 25.4 Å². The predicted molar refractivity (Wildman–Crippen MR) is 71.2 cm³/mol. The Morgan fingerprint density at radius 1 is 1.44 bits per heavy atom. The first-order valence-electron chi connectivity index (χ1n) is 6.71. The Balaban J connectivity index is 1.62. The first-order chi connectivity index (χ1) is 8.84. The van der Waals surface area contributed by atoms with Crippen LogP contribution in [0.3, 0.4) is 0 Å². The molecule has 0 radical (unpaired) electrons. The summed E-state index contributed by atoms with van der Waals surface area (Å²) in [7, 11) is 0. The number of hydrogen-bond acceptors (Lipinski definition) is 3. The number of amides is 1. The molecule has 1 atom stereocenters. The highest BCUT2D eigenvalue weighted by atomic mass is 16.1. The van der Waals surface area contributed by atoms with E-state index in [0.29, 0.717) is 18.9 Å². The van der Waals surface area contributed by atoms with Gasteiger partial charge in [-0.2, -0.15) is 0 Å². The summed E-state index contributed by atoms with van der Waals surface area (Å²) in [6.07, 6.45) is 7.45. The van der Waals surface area contributed by atoms with Crippen LogP contribution in [0.1, 0.15) is 24.8 Å². The van der Waals surface area contributed by atoms with E-state index < -0.39 is 0 Å². The summed E-state index contributed by atoms with van der Waals surface area (Å²) >= 11 is 0. The highest BCUT2D eigenvalue weighted by Crippen LogP contribution is 2.13. The maximum absolute atomic E-state index is 11.8. The second-order valence-electron chi connectivity index (χ2n) is 4.87. The van der Waals surface area contributed by atoms with E-state index in [1.807, 2.05) is 12.1 Å². The third-order valence-electron chi connectivity index (χ3n) is 3.36. The predicted octanol–water partition coefficient (Wildman–Crippen LogP) is 1.13. The van der Waals surface area contributed by atoms with E-state index in [-0.39, 0.29) is 5.91 Å². The van der Waals surface area contributed by atoms with Crippen molar-refractivity contribution in [3.63, 3.8) is 0 Å². The quantitative estimate of drug-likeness (QED) is 0.820. The molecule has 0 spiro atoms. The van der Waals surface area contributed by atoms with E-state index >= 15 is 0 Å². The fraction of sp³-hybridized carbons (Fsp3) is 0.571. The first kappa shape index (κ1) is 13.0. The second kappa shape index (κ2) is 7.11. The molecular formula is C14H21N3O. The summed E-state index contributed by atoms with van der Waals surface area (Å²) in [6.45, 7) is 2.79. The Kier molecular flexibility index (Phi) is 5.15. The van der Waals surface area contributed by atoms with E-state index in [4.69, 9.17) is 0 Å². The van der Waals surface area contributed by atoms with Crippen molar-refractivity contribution >= 4 is 5.91 Å². The van der Waals surface area contributed by atoms with Crippen LogP contribution in [0.15, 0.2) is 24.5 Å². The standard InChI is InChI=1S/C14H21N3O/c18-14(10-13-2-1-6-16-11-13)17-9-5-12-3-7-15-8-4-12/h3-4,7-8,13,16H,1-2,5-6,9-11H2,(H,17,18). The lowest BCUT2D eigenvalue weighted by atomic mass is 9.96. The summed E-state index contributed by atoms with van der Waals surface area (Å²) in [6, 6.07) is 3.97. The molecule has 1 saturated heterocycles. The lowest BCUT2D eigenvalue weighted by Crippen LogP contribution is -2.34. The number of carbonyl (C=O) groups excluding carboxylic acids is 1. The molecule has 4 heteroatoms. The van der Waals surface area contributed by atoms with E-state index in [1.165, 1.54) is 18.4 Å². The summed E-state index contributed by atoms with van der Waals surface area (Å²) in [5.41, 5.74) is 1.21. The van der Waals surface area contributed by atoms with Crippen molar-refractivity contribution in [3.05, 3.63) is 30.1 Å². The zero-order chi connectivity index (χ0) is 12.6. The smallest absolute Gasteiger partial charge is 0.220 e. The second-order valence-corrected chi connectivity index (χ2v) is 4.87. The van der Waals surface area contributed by atoms with Gasteiger partial charge in [0.15, 0.2) is 0 Å². The van der Waals surface area contributed by atoms with E-state index in [1.54, 1.807) is 12.4 Å². The Bertz CT molecular complexity index is 361. The molecule has 0 aliphatic carbocycles. The fourth-order valence-electron chi connectivity index (χ4n) is 2.33. The van der Waals surface area contributed by atoms with Gasteiger partial charge >= 0.3 is 0 Å². The van der Waals surface area contributed by atoms with Crippen LogP contribution >= 0.6 is 0 Å². The summed E-state index contributed by atoms with van der Waals surface area (Å²) < 4.78 is 0. The van der Waals surface area contributed by atoms with Gasteiger partial charge in [-0.1, -0.05) is 0 Å². The lowest BCUT2D eigenvalue weighted by Gasteiger charge is -2.22. The minimum absolute atomic E-state index is 0.178. The molecule has 1 aliphatic rings. The molecule has 4 nitrogen and oxygen atoms in total. The van der Waals surface area contributed by atoms with Gasteiger partial charge in [0.05, 0.1) is 0 Å². The van der Waals surface area contributed by atoms with Crippen molar-refractivity contribution < 1.29 is 4.79 Å². The van der Waals surface area contributed by atoms with Crippen LogP contribution in [0.5, 0.6) is 0 Å². The molecule has 1 fully saturated rings. The fourth-order valence-corrected chi connectivity index (χ4v) is 2.33. The average Bonchev–Trinajstić information content (AvgIpc) is 2.41. The molecule has 0 bridgehead atoms. The first-order valence-corrected chi connectivity index (χ1v) is 6.71. The molecule has 18 heavy (non-hydrogen) atoms. The van der Waals surface area contributed by atoms with Gasteiger partial charge in [0.25, 0.3) is 0 Å². The van der Waals surface area contributed by atoms with Crippen molar-refractivity contribution in [3.8, 4) is 0 Å². The Hall–Kier alpha value is -1.42. The SMILES string of the molecule is O=C(CC1CCCNC1)NCCc1ccncc1. The minimum Gasteiger partial charge on any atom is -0.356 e. The number of nitrogens with zero attached hydrogens (tertiary/aromatic N) is 1. The summed E-state index contributed by atoms with van der Waals surface area (Å²) in [5.74, 6) is 0.692. The molecule has 2 N–H and O–H groups in total. The van der Waals surface area contributed by atoms with Gasteiger partial charge in [-0.15, -0.1) is 0 Å². The Morgan fingerprint density at radius 2 is 2.28 bits per heavy atom. The van der Waals surface area contributed by atoms with Crippen molar-refractivity contribution in [2.24, 2.45) is 5.92 Å². The number of rotatable bonds is 5. The molecule has 2 heterocycles. The van der Waals surface area contributed by atoms with Crippen LogP contribution in [0, 0.1) is 5.92 Å². The van der Waals surface area contributed by atoms with Gasteiger partial charge in [-0.25, -0.2) is 0 Å². The third-order valence-corrected chi connectivity index (χ3v) is 3.36. The number of nitrogens with one attached hydrogen (secondary N) is 2. The number of pyridine rings is 1. The van der Waals surface area contributed by atoms with Crippen molar-refractivity contribution in [1.29, 1.82) is 0 Å². The van der Waals surface area contributed by atoms with Crippen LogP contribution < -0.4 is 10.6 Å². The van der Waals surface area contributed by atoms with Gasteiger partial charge in [0.1, 0.15) is 0 Å². The molecule has 1 unspecified atom stereocenters. The van der Waals surface area contributed by atoms with Crippen LogP contribution in [0.2, 0.25) is 0 Å². The average molecular weight is 247 g/mol. The minimum atomic E-state index is 0.178. The Morgan fingerprint density at radius 3 is 3.00 bits per heavy atom. The number of piperidine rings is 1. The molecule has 1 amide bonds. The highest BCUT2D eigenvalue weighted by Gasteiger charge is 2.16. The molecule has 0 aromatic carbocycles. The molecule has 1 aromatic heterocycles. The van der Waals surface area contributed by atoms with Gasteiger partial charge in [0.2, 0.25) is 5.91 Å². The molecule has 0 saturated carbocycles. The van der Waals surface area contributed by atoms with Crippen LogP contribution in [-0.4, -0.2) is 30.5 Å². The zero-order valence-electron chi connectivity index (χ0n) is 10.7. The third kappa shape index (κ3) is 4.45. The van der Waals surface area contributed by atoms with Gasteiger partial charge < -0.3 is 10.6 Å². The molecule has 98 valence electrons. The van der Waals surface area contributed by atoms with Crippen LogP contribution in [0.4, 0.5) is 0 Å². The van der Waals surface area contributed by atoms with Crippen LogP contribution in [-0.2, 0) is 11.2 Å². The summed E-state index contributed by atoms with van der Waals surface area (Å²) in [4.78, 5) is 15.7. The number of aromatic nitrogens is 1. The van der Waals surface area contributed by atoms with Gasteiger partial charge in [-0.05, 0) is 56.0 Å². The monoisotopic (exact) mass is 247 g/mol. The molecule has 1 aliphatic heterocycles. The molecular weight excluding hydrogens is 226 g/mol. The molecule has 1 aromatic rings. The Labute approximate surface area is 108 Å². The number of carbonyl (C=O) groups is 1. The molecule has 2 rings (SSSR count). The maximum atomic E-state index is 11.8. The number of hydrogen-bond donors (Lipinski definition) is 2. The van der Waals surface area contributed by atoms with E-state index in [2.05, 4.69) is 15.6 Å². The van der Waals surface area contributed by atoms with Crippen molar-refractivity contribution in [1.82, 2.24) is 15.6 Å². The highest BCUT2D eigenvalue weighted by molar-refractivity contribution is 5.76. The van der Waals surface area contributed by atoms with E-state index in [9.17, 15) is 4.79 Å². The van der Waals surface area contributed by atoms with E-state index in [0.717, 1.165) is 19.5 Å². The largest absolute Gasteiger partial charge is 0.356 e. The van der Waals surface area contributed by atoms with Crippen molar-refractivity contribution in [2.75, 3.05) is 19.6 Å². The zero-order valence-corrected chi connectivity index (χ0v) is 10.7. The summed E-state index contributed by atoms with van der Waals surface area (Å²) in [5, 5.41) is 6.33. The van der Waals surface area contributed by atoms with Gasteiger partial charge in [-0.3, -0.25) is 9.78 Å². The topological polar surface area (TPSA) is 54.0 Å². The maximum Gasteiger partial charge on any atom is 0.220 e. The lowest BCUT2D eigenvalue weighted by molar-refractivity contribution is -0.122.